The monoisotopic (exact) mass is 190 g/mol. The smallest absolute Gasteiger partial charge is 0.289 e. The van der Waals surface area contributed by atoms with Gasteiger partial charge in [0.1, 0.15) is 0 Å². The normalized spacial score (nSPS) is 17.2. The molecular weight excluding hydrogens is 180 g/mol. The third-order valence-corrected chi connectivity index (χ3v) is 1.71. The van der Waals surface area contributed by atoms with E-state index in [1.807, 2.05) is 13.8 Å². The first-order chi connectivity index (χ1) is 5.77. The van der Waals surface area contributed by atoms with Gasteiger partial charge in [0.25, 0.3) is 23.0 Å². The van der Waals surface area contributed by atoms with E-state index >= 15 is 0 Å². The first-order valence-electron chi connectivity index (χ1n) is 3.63. The molecule has 1 rings (SSSR count). The molecule has 0 saturated carbocycles. The van der Waals surface area contributed by atoms with Crippen LogP contribution in [-0.2, 0) is 20.6 Å². The van der Waals surface area contributed by atoms with E-state index in [4.69, 9.17) is 9.47 Å². The Kier molecular flexibility index (Phi) is 3.21. The first kappa shape index (κ1) is 9.18. The molecular formula is C6H10N2O3S. The molecule has 0 aromatic heterocycles. The van der Waals surface area contributed by atoms with Gasteiger partial charge in [-0.05, 0) is 13.8 Å². The Bertz CT molecular complexity index is 225. The van der Waals surface area contributed by atoms with Crippen LogP contribution < -0.4 is 0 Å². The Hall–Kier alpha value is -0.910. The van der Waals surface area contributed by atoms with Crippen molar-refractivity contribution in [1.82, 2.24) is 0 Å². The molecule has 0 atom stereocenters. The lowest BCUT2D eigenvalue weighted by molar-refractivity contribution is 0.298. The van der Waals surface area contributed by atoms with Crippen LogP contribution in [0.25, 0.3) is 0 Å². The molecule has 0 radical (unpaired) electrons. The lowest BCUT2D eigenvalue weighted by atomic mass is 10.6. The Morgan fingerprint density at radius 2 is 1.58 bits per heavy atom. The van der Waals surface area contributed by atoms with Gasteiger partial charge in [-0.3, -0.25) is 0 Å². The number of ether oxygens (including phenoxy) is 2. The Morgan fingerprint density at radius 1 is 1.17 bits per heavy atom. The average Bonchev–Trinajstić information content (AvgIpc) is 2.33. The Labute approximate surface area is 73.2 Å². The molecule has 5 nitrogen and oxygen atoms in total. The summed E-state index contributed by atoms with van der Waals surface area (Å²) in [4.78, 5) is 0. The van der Waals surface area contributed by atoms with Gasteiger partial charge in [0.05, 0.1) is 13.2 Å². The van der Waals surface area contributed by atoms with Crippen LogP contribution in [0.1, 0.15) is 13.8 Å². The molecule has 1 aliphatic heterocycles. The van der Waals surface area contributed by atoms with Gasteiger partial charge in [0, 0.05) is 0 Å². The van der Waals surface area contributed by atoms with E-state index in [0.29, 0.717) is 13.2 Å². The average molecular weight is 190 g/mol. The van der Waals surface area contributed by atoms with Gasteiger partial charge in [-0.15, -0.1) is 8.80 Å². The Balaban J connectivity index is 2.66. The molecule has 6 heteroatoms. The lowest BCUT2D eigenvalue weighted by Crippen LogP contribution is -2.17. The van der Waals surface area contributed by atoms with E-state index in [1.165, 1.54) is 0 Å². The van der Waals surface area contributed by atoms with E-state index in [2.05, 4.69) is 8.80 Å². The van der Waals surface area contributed by atoms with E-state index in [0.717, 1.165) is 0 Å². The van der Waals surface area contributed by atoms with E-state index in [-0.39, 0.29) is 11.8 Å². The van der Waals surface area contributed by atoms with Crippen molar-refractivity contribution in [1.29, 1.82) is 0 Å². The second kappa shape index (κ2) is 4.20. The fourth-order valence-corrected chi connectivity index (χ4v) is 1.28. The summed E-state index contributed by atoms with van der Waals surface area (Å²) in [5.74, 6) is 0.468. The Morgan fingerprint density at radius 3 is 1.92 bits per heavy atom. The van der Waals surface area contributed by atoms with Gasteiger partial charge < -0.3 is 9.47 Å². The third kappa shape index (κ3) is 2.04. The molecule has 0 fully saturated rings. The summed E-state index contributed by atoms with van der Waals surface area (Å²) in [5.41, 5.74) is 0. The summed E-state index contributed by atoms with van der Waals surface area (Å²) >= 11 is -1.56. The molecule has 1 heterocycles. The minimum Gasteiger partial charge on any atom is -0.474 e. The van der Waals surface area contributed by atoms with Gasteiger partial charge in [-0.25, -0.2) is 4.21 Å². The number of rotatable bonds is 2. The molecule has 0 spiro atoms. The van der Waals surface area contributed by atoms with Crippen molar-refractivity contribution in [3.63, 3.8) is 0 Å². The lowest BCUT2D eigenvalue weighted by Gasteiger charge is -2.03. The van der Waals surface area contributed by atoms with Crippen LogP contribution in [0.4, 0.5) is 0 Å². The molecule has 0 saturated heterocycles. The quantitative estimate of drug-likeness (QED) is 0.635. The van der Waals surface area contributed by atoms with Crippen molar-refractivity contribution < 1.29 is 13.7 Å². The zero-order chi connectivity index (χ0) is 8.97. The van der Waals surface area contributed by atoms with Crippen LogP contribution >= 0.6 is 0 Å². The summed E-state index contributed by atoms with van der Waals surface area (Å²) in [6.45, 7) is 4.55. The predicted molar refractivity (Wildman–Crippen MR) is 46.3 cm³/mol. The van der Waals surface area contributed by atoms with Crippen LogP contribution in [0.15, 0.2) is 8.80 Å². The van der Waals surface area contributed by atoms with Crippen molar-refractivity contribution in [2.45, 2.75) is 13.8 Å². The van der Waals surface area contributed by atoms with Crippen LogP contribution in [-0.4, -0.2) is 29.2 Å². The molecule has 0 amide bonds. The molecule has 0 aromatic rings. The maximum atomic E-state index is 10.8. The van der Waals surface area contributed by atoms with Crippen molar-refractivity contribution in [3.05, 3.63) is 0 Å². The highest BCUT2D eigenvalue weighted by Crippen LogP contribution is 2.04. The second-order valence-corrected chi connectivity index (χ2v) is 2.72. The van der Waals surface area contributed by atoms with Gasteiger partial charge in [-0.1, -0.05) is 0 Å². The van der Waals surface area contributed by atoms with Crippen molar-refractivity contribution in [3.8, 4) is 0 Å². The predicted octanol–water partition coefficient (Wildman–Crippen LogP) is 0.449. The molecule has 0 aliphatic carbocycles. The minimum atomic E-state index is -1.56. The minimum absolute atomic E-state index is 0.234. The SMILES string of the molecule is CCOC1=NS(=O)N=C1OCC. The van der Waals surface area contributed by atoms with Crippen LogP contribution in [0.2, 0.25) is 0 Å². The fraction of sp³-hybridized carbons (Fsp3) is 0.667. The highest BCUT2D eigenvalue weighted by atomic mass is 32.2. The van der Waals surface area contributed by atoms with Gasteiger partial charge in [-0.2, -0.15) is 0 Å². The van der Waals surface area contributed by atoms with E-state index in [1.54, 1.807) is 0 Å². The highest BCUT2D eigenvalue weighted by Gasteiger charge is 2.21. The first-order valence-corrected chi connectivity index (χ1v) is 4.69. The summed E-state index contributed by atoms with van der Waals surface area (Å²) in [7, 11) is 0. The van der Waals surface area contributed by atoms with Gasteiger partial charge in [0.2, 0.25) is 0 Å². The summed E-state index contributed by atoms with van der Waals surface area (Å²) < 4.78 is 28.1. The number of hydrogen-bond donors (Lipinski definition) is 0. The van der Waals surface area contributed by atoms with Crippen molar-refractivity contribution in [2.24, 2.45) is 8.80 Å². The van der Waals surface area contributed by atoms with E-state index < -0.39 is 11.2 Å². The molecule has 12 heavy (non-hydrogen) atoms. The molecule has 68 valence electrons. The van der Waals surface area contributed by atoms with Gasteiger partial charge >= 0.3 is 0 Å². The maximum absolute atomic E-state index is 10.8. The van der Waals surface area contributed by atoms with E-state index in [9.17, 15) is 4.21 Å². The highest BCUT2D eigenvalue weighted by molar-refractivity contribution is 7.83. The largest absolute Gasteiger partial charge is 0.474 e. The number of hydrogen-bond acceptors (Lipinski definition) is 3. The van der Waals surface area contributed by atoms with Crippen LogP contribution in [0, 0.1) is 0 Å². The molecule has 0 aromatic carbocycles. The topological polar surface area (TPSA) is 60.2 Å². The van der Waals surface area contributed by atoms with Crippen LogP contribution in [0.3, 0.4) is 0 Å². The zero-order valence-corrected chi connectivity index (χ0v) is 7.76. The summed E-state index contributed by atoms with van der Waals surface area (Å²) in [5, 5.41) is 0. The third-order valence-electron chi connectivity index (χ3n) is 1.07. The van der Waals surface area contributed by atoms with Crippen LogP contribution in [0.5, 0.6) is 0 Å². The summed E-state index contributed by atoms with van der Waals surface area (Å²) in [6.07, 6.45) is 0. The standard InChI is InChI=1S/C6H10N2O3S/c1-3-10-5-6(11-4-2)8-12(9)7-5/h3-4H2,1-2H3. The summed E-state index contributed by atoms with van der Waals surface area (Å²) in [6, 6.07) is 0. The maximum Gasteiger partial charge on any atom is 0.289 e. The van der Waals surface area contributed by atoms with Crippen molar-refractivity contribution >= 4 is 23.0 Å². The zero-order valence-electron chi connectivity index (χ0n) is 6.94. The molecule has 0 N–H and O–H groups in total. The number of nitrogens with zero attached hydrogens (tertiary/aromatic N) is 2. The second-order valence-electron chi connectivity index (χ2n) is 1.89. The fourth-order valence-electron chi connectivity index (χ4n) is 0.690. The molecule has 1 aliphatic rings. The molecule has 0 unspecified atom stereocenters. The van der Waals surface area contributed by atoms with Gasteiger partial charge in [0.15, 0.2) is 0 Å². The van der Waals surface area contributed by atoms with Crippen molar-refractivity contribution in [2.75, 3.05) is 13.2 Å². The molecule has 0 bridgehead atoms.